The predicted octanol–water partition coefficient (Wildman–Crippen LogP) is 2.31. The lowest BCUT2D eigenvalue weighted by Gasteiger charge is -1.99. The van der Waals surface area contributed by atoms with Crippen molar-refractivity contribution in [3.63, 3.8) is 0 Å². The van der Waals surface area contributed by atoms with Crippen LogP contribution in [0.3, 0.4) is 0 Å². The molecule has 0 aliphatic rings. The van der Waals surface area contributed by atoms with Crippen LogP contribution >= 0.6 is 0 Å². The Labute approximate surface area is 84.2 Å². The summed E-state index contributed by atoms with van der Waals surface area (Å²) in [6, 6.07) is 9.79. The second-order valence-electron chi connectivity index (χ2n) is 2.99. The average molecular weight is 190 g/mol. The molecule has 0 saturated carbocycles. The Morgan fingerprint density at radius 3 is 2.64 bits per heavy atom. The topological polar surface area (TPSA) is 26.3 Å². The smallest absolute Gasteiger partial charge is 0.146 e. The van der Waals surface area contributed by atoms with Crippen molar-refractivity contribution in [3.8, 4) is 0 Å². The van der Waals surface area contributed by atoms with Gasteiger partial charge in [-0.1, -0.05) is 30.3 Å². The Morgan fingerprint density at radius 1 is 1.36 bits per heavy atom. The molecule has 0 spiro atoms. The molecule has 1 rings (SSSR count). The number of carbonyl (C=O) groups is 1. The molecule has 1 aromatic rings. The molecule has 2 heteroatoms. The van der Waals surface area contributed by atoms with Crippen LogP contribution in [0, 0.1) is 0 Å². The molecule has 0 aliphatic carbocycles. The zero-order valence-corrected chi connectivity index (χ0v) is 8.27. The van der Waals surface area contributed by atoms with Gasteiger partial charge in [-0.3, -0.25) is 4.79 Å². The largest absolute Gasteiger partial charge is 0.384 e. The zero-order valence-electron chi connectivity index (χ0n) is 8.27. The maximum Gasteiger partial charge on any atom is 0.146 e. The molecule has 0 bridgehead atoms. The number of ether oxygens (including phenoxy) is 1. The summed E-state index contributed by atoms with van der Waals surface area (Å²) in [7, 11) is 1.63. The first-order valence-electron chi connectivity index (χ1n) is 4.56. The van der Waals surface area contributed by atoms with Gasteiger partial charge >= 0.3 is 0 Å². The number of benzene rings is 1. The van der Waals surface area contributed by atoms with Crippen LogP contribution in [0.2, 0.25) is 0 Å². The summed E-state index contributed by atoms with van der Waals surface area (Å²) >= 11 is 0. The number of hydrogen-bond donors (Lipinski definition) is 0. The van der Waals surface area contributed by atoms with Crippen molar-refractivity contribution in [2.24, 2.45) is 0 Å². The number of aldehydes is 1. The van der Waals surface area contributed by atoms with Crippen LogP contribution in [0.25, 0.3) is 6.08 Å². The SMILES string of the molecule is COCCC(C=O)=Cc1ccccc1. The van der Waals surface area contributed by atoms with Crippen LogP contribution in [-0.2, 0) is 9.53 Å². The molecule has 0 atom stereocenters. The van der Waals surface area contributed by atoms with Crippen LogP contribution in [0.15, 0.2) is 35.9 Å². The molecule has 0 aromatic heterocycles. The lowest BCUT2D eigenvalue weighted by atomic mass is 10.1. The van der Waals surface area contributed by atoms with Crippen molar-refractivity contribution in [2.75, 3.05) is 13.7 Å². The Kier molecular flexibility index (Phi) is 4.65. The third-order valence-electron chi connectivity index (χ3n) is 1.90. The van der Waals surface area contributed by atoms with Gasteiger partial charge < -0.3 is 4.74 Å². The van der Waals surface area contributed by atoms with E-state index in [2.05, 4.69) is 0 Å². The molecule has 0 aliphatic heterocycles. The highest BCUT2D eigenvalue weighted by atomic mass is 16.5. The van der Waals surface area contributed by atoms with E-state index in [-0.39, 0.29) is 0 Å². The van der Waals surface area contributed by atoms with Crippen molar-refractivity contribution in [1.82, 2.24) is 0 Å². The van der Waals surface area contributed by atoms with E-state index in [1.807, 2.05) is 36.4 Å². The van der Waals surface area contributed by atoms with E-state index < -0.39 is 0 Å². The zero-order chi connectivity index (χ0) is 10.2. The van der Waals surface area contributed by atoms with Gasteiger partial charge in [0.25, 0.3) is 0 Å². The standard InChI is InChI=1S/C12H14O2/c1-14-8-7-12(10-13)9-11-5-3-2-4-6-11/h2-6,9-10H,7-8H2,1H3. The first-order valence-corrected chi connectivity index (χ1v) is 4.56. The molecule has 0 fully saturated rings. The van der Waals surface area contributed by atoms with E-state index in [9.17, 15) is 4.79 Å². The van der Waals surface area contributed by atoms with E-state index >= 15 is 0 Å². The molecule has 0 radical (unpaired) electrons. The van der Waals surface area contributed by atoms with Gasteiger partial charge in [0.15, 0.2) is 0 Å². The Balaban J connectivity index is 2.68. The fourth-order valence-corrected chi connectivity index (χ4v) is 1.15. The summed E-state index contributed by atoms with van der Waals surface area (Å²) in [6.07, 6.45) is 3.42. The normalized spacial score (nSPS) is 11.4. The molecule has 0 N–H and O–H groups in total. The predicted molar refractivity (Wildman–Crippen MR) is 57.0 cm³/mol. The molecule has 0 saturated heterocycles. The summed E-state index contributed by atoms with van der Waals surface area (Å²) in [5, 5.41) is 0. The Hall–Kier alpha value is -1.41. The van der Waals surface area contributed by atoms with E-state index in [0.717, 1.165) is 17.4 Å². The molecule has 0 unspecified atom stereocenters. The Morgan fingerprint density at radius 2 is 2.07 bits per heavy atom. The minimum atomic E-state index is 0.581. The van der Waals surface area contributed by atoms with Crippen molar-refractivity contribution >= 4 is 12.4 Å². The first kappa shape index (κ1) is 10.7. The average Bonchev–Trinajstić information content (AvgIpc) is 2.25. The lowest BCUT2D eigenvalue weighted by Crippen LogP contribution is -1.93. The van der Waals surface area contributed by atoms with Crippen LogP contribution < -0.4 is 0 Å². The number of hydrogen-bond acceptors (Lipinski definition) is 2. The van der Waals surface area contributed by atoms with Gasteiger partial charge in [-0.05, 0) is 23.6 Å². The first-order chi connectivity index (χ1) is 6.86. The van der Waals surface area contributed by atoms with Crippen LogP contribution in [0.4, 0.5) is 0 Å². The van der Waals surface area contributed by atoms with Gasteiger partial charge in [0, 0.05) is 7.11 Å². The Bertz CT molecular complexity index is 301. The van der Waals surface area contributed by atoms with E-state index in [4.69, 9.17) is 4.74 Å². The van der Waals surface area contributed by atoms with E-state index in [0.29, 0.717) is 13.0 Å². The monoisotopic (exact) mass is 190 g/mol. The van der Waals surface area contributed by atoms with Crippen molar-refractivity contribution < 1.29 is 9.53 Å². The van der Waals surface area contributed by atoms with E-state index in [1.54, 1.807) is 7.11 Å². The van der Waals surface area contributed by atoms with Crippen LogP contribution in [0.5, 0.6) is 0 Å². The third-order valence-corrected chi connectivity index (χ3v) is 1.90. The highest BCUT2D eigenvalue weighted by Gasteiger charge is 1.95. The highest BCUT2D eigenvalue weighted by Crippen LogP contribution is 2.07. The quantitative estimate of drug-likeness (QED) is 0.526. The maximum atomic E-state index is 10.7. The molecule has 2 nitrogen and oxygen atoms in total. The second-order valence-corrected chi connectivity index (χ2v) is 2.99. The highest BCUT2D eigenvalue weighted by molar-refractivity contribution is 5.81. The summed E-state index contributed by atoms with van der Waals surface area (Å²) in [4.78, 5) is 10.7. The summed E-state index contributed by atoms with van der Waals surface area (Å²) < 4.78 is 4.91. The summed E-state index contributed by atoms with van der Waals surface area (Å²) in [5.74, 6) is 0. The number of carbonyl (C=O) groups excluding carboxylic acids is 1. The number of methoxy groups -OCH3 is 1. The summed E-state index contributed by atoms with van der Waals surface area (Å²) in [6.45, 7) is 0.581. The van der Waals surface area contributed by atoms with Gasteiger partial charge in [-0.2, -0.15) is 0 Å². The minimum Gasteiger partial charge on any atom is -0.384 e. The molecule has 14 heavy (non-hydrogen) atoms. The van der Waals surface area contributed by atoms with Crippen molar-refractivity contribution in [3.05, 3.63) is 41.5 Å². The lowest BCUT2D eigenvalue weighted by molar-refractivity contribution is -0.105. The maximum absolute atomic E-state index is 10.7. The molecular weight excluding hydrogens is 176 g/mol. The van der Waals surface area contributed by atoms with Gasteiger partial charge in [0.1, 0.15) is 6.29 Å². The van der Waals surface area contributed by atoms with Gasteiger partial charge in [-0.25, -0.2) is 0 Å². The summed E-state index contributed by atoms with van der Waals surface area (Å²) in [5.41, 5.74) is 1.81. The molecule has 0 amide bonds. The fourth-order valence-electron chi connectivity index (χ4n) is 1.15. The molecular formula is C12H14O2. The fraction of sp³-hybridized carbons (Fsp3) is 0.250. The van der Waals surface area contributed by atoms with E-state index in [1.165, 1.54) is 0 Å². The molecule has 74 valence electrons. The van der Waals surface area contributed by atoms with Gasteiger partial charge in [0.05, 0.1) is 6.61 Å². The van der Waals surface area contributed by atoms with Gasteiger partial charge in [-0.15, -0.1) is 0 Å². The minimum absolute atomic E-state index is 0.581. The van der Waals surface area contributed by atoms with Crippen LogP contribution in [0.1, 0.15) is 12.0 Å². The second kappa shape index (κ2) is 6.11. The third kappa shape index (κ3) is 3.54. The van der Waals surface area contributed by atoms with Gasteiger partial charge in [0.2, 0.25) is 0 Å². The van der Waals surface area contributed by atoms with Crippen molar-refractivity contribution in [1.29, 1.82) is 0 Å². The van der Waals surface area contributed by atoms with Crippen LogP contribution in [-0.4, -0.2) is 20.0 Å². The molecule has 1 aromatic carbocycles. The number of rotatable bonds is 5. The molecule has 0 heterocycles. The van der Waals surface area contributed by atoms with Crippen molar-refractivity contribution in [2.45, 2.75) is 6.42 Å².